The molecule has 0 radical (unpaired) electrons. The smallest absolute Gasteiger partial charge is 0.162 e. The number of hydrogen-bond donors (Lipinski definition) is 1. The molecule has 138 valence electrons. The van der Waals surface area contributed by atoms with Crippen molar-refractivity contribution in [2.75, 3.05) is 5.32 Å². The van der Waals surface area contributed by atoms with Crippen molar-refractivity contribution in [1.82, 2.24) is 24.7 Å². The Morgan fingerprint density at radius 3 is 2.48 bits per heavy atom. The van der Waals surface area contributed by atoms with Crippen LogP contribution in [-0.2, 0) is 7.05 Å². The van der Waals surface area contributed by atoms with Crippen LogP contribution in [0, 0.1) is 12.7 Å². The minimum atomic E-state index is -0.307. The normalized spacial score (nSPS) is 10.7. The largest absolute Gasteiger partial charge is 0.337 e. The SMILES string of the molecule is Cc1nn(C)c2c(Nc3ccc(Cl)nc3)nc(-c3ccc(F)cc3)nc12.Cl. The van der Waals surface area contributed by atoms with Gasteiger partial charge in [-0.05, 0) is 43.3 Å². The van der Waals surface area contributed by atoms with Gasteiger partial charge >= 0.3 is 0 Å². The van der Waals surface area contributed by atoms with Gasteiger partial charge in [0.25, 0.3) is 0 Å². The third-order valence-corrected chi connectivity index (χ3v) is 4.17. The van der Waals surface area contributed by atoms with E-state index in [1.54, 1.807) is 29.1 Å². The number of aromatic nitrogens is 5. The average molecular weight is 405 g/mol. The van der Waals surface area contributed by atoms with Gasteiger partial charge in [-0.25, -0.2) is 19.3 Å². The maximum absolute atomic E-state index is 13.2. The molecule has 0 aliphatic carbocycles. The first kappa shape index (κ1) is 19.0. The first-order chi connectivity index (χ1) is 12.5. The monoisotopic (exact) mass is 404 g/mol. The molecule has 0 atom stereocenters. The van der Waals surface area contributed by atoms with Gasteiger partial charge < -0.3 is 5.32 Å². The van der Waals surface area contributed by atoms with Crippen molar-refractivity contribution < 1.29 is 4.39 Å². The van der Waals surface area contributed by atoms with E-state index < -0.39 is 0 Å². The standard InChI is InChI=1S/C18H14ClFN6.ClH/c1-10-15-16(26(2)25-10)18(22-13-7-8-14(19)21-9-13)24-17(23-15)11-3-5-12(20)6-4-11;/h3-9H,1-2H3,(H,22,23,24);1H. The van der Waals surface area contributed by atoms with Gasteiger partial charge in [0.1, 0.15) is 22.0 Å². The lowest BCUT2D eigenvalue weighted by Gasteiger charge is -2.10. The zero-order valence-corrected chi connectivity index (χ0v) is 16.0. The number of benzene rings is 1. The zero-order chi connectivity index (χ0) is 18.3. The zero-order valence-electron chi connectivity index (χ0n) is 14.4. The van der Waals surface area contributed by atoms with E-state index in [0.717, 1.165) is 22.4 Å². The Bertz CT molecular complexity index is 1090. The summed E-state index contributed by atoms with van der Waals surface area (Å²) in [5.74, 6) is 0.762. The third-order valence-electron chi connectivity index (χ3n) is 3.94. The maximum atomic E-state index is 13.2. The molecule has 0 unspecified atom stereocenters. The van der Waals surface area contributed by atoms with Crippen LogP contribution in [0.4, 0.5) is 15.9 Å². The van der Waals surface area contributed by atoms with E-state index in [2.05, 4.69) is 25.4 Å². The Kier molecular flexibility index (Phi) is 5.25. The van der Waals surface area contributed by atoms with Crippen LogP contribution in [0.15, 0.2) is 42.6 Å². The van der Waals surface area contributed by atoms with Gasteiger partial charge in [-0.1, -0.05) is 11.6 Å². The fourth-order valence-corrected chi connectivity index (χ4v) is 2.85. The summed E-state index contributed by atoms with van der Waals surface area (Å²) in [5, 5.41) is 8.08. The van der Waals surface area contributed by atoms with Crippen LogP contribution < -0.4 is 5.32 Å². The highest BCUT2D eigenvalue weighted by atomic mass is 35.5. The molecular formula is C18H15Cl2FN6. The second-order valence-corrected chi connectivity index (χ2v) is 6.19. The summed E-state index contributed by atoms with van der Waals surface area (Å²) in [6.07, 6.45) is 1.62. The molecule has 1 aromatic carbocycles. The van der Waals surface area contributed by atoms with E-state index in [-0.39, 0.29) is 18.2 Å². The van der Waals surface area contributed by atoms with Gasteiger partial charge in [0.15, 0.2) is 11.6 Å². The number of aryl methyl sites for hydroxylation is 2. The Morgan fingerprint density at radius 1 is 1.07 bits per heavy atom. The first-order valence-electron chi connectivity index (χ1n) is 7.87. The van der Waals surface area contributed by atoms with E-state index in [1.165, 1.54) is 12.1 Å². The summed E-state index contributed by atoms with van der Waals surface area (Å²) in [7, 11) is 1.83. The molecule has 6 nitrogen and oxygen atoms in total. The molecule has 0 aliphatic heterocycles. The average Bonchev–Trinajstić information content (AvgIpc) is 2.92. The second kappa shape index (κ2) is 7.46. The number of nitrogens with one attached hydrogen (secondary N) is 1. The summed E-state index contributed by atoms with van der Waals surface area (Å²) in [6, 6.07) is 9.57. The van der Waals surface area contributed by atoms with Crippen LogP contribution in [0.1, 0.15) is 5.69 Å². The Morgan fingerprint density at radius 2 is 1.81 bits per heavy atom. The predicted molar refractivity (Wildman–Crippen MR) is 106 cm³/mol. The third kappa shape index (κ3) is 3.70. The number of nitrogens with zero attached hydrogens (tertiary/aromatic N) is 5. The lowest BCUT2D eigenvalue weighted by molar-refractivity contribution is 0.628. The molecule has 4 aromatic rings. The molecule has 3 aromatic heterocycles. The van der Waals surface area contributed by atoms with E-state index in [1.807, 2.05) is 20.0 Å². The van der Waals surface area contributed by atoms with Crippen molar-refractivity contribution in [1.29, 1.82) is 0 Å². The Labute approximate surface area is 165 Å². The Balaban J connectivity index is 0.00000210. The van der Waals surface area contributed by atoms with E-state index >= 15 is 0 Å². The topological polar surface area (TPSA) is 68.5 Å². The van der Waals surface area contributed by atoms with Gasteiger partial charge in [0.2, 0.25) is 0 Å². The van der Waals surface area contributed by atoms with Gasteiger partial charge in [-0.15, -0.1) is 12.4 Å². The van der Waals surface area contributed by atoms with Crippen molar-refractivity contribution in [3.63, 3.8) is 0 Å². The van der Waals surface area contributed by atoms with Gasteiger partial charge in [0, 0.05) is 12.6 Å². The molecule has 0 saturated heterocycles. The highest BCUT2D eigenvalue weighted by Gasteiger charge is 2.16. The van der Waals surface area contributed by atoms with Gasteiger partial charge in [0.05, 0.1) is 17.6 Å². The van der Waals surface area contributed by atoms with Gasteiger partial charge in [-0.3, -0.25) is 4.68 Å². The van der Waals surface area contributed by atoms with Crippen molar-refractivity contribution in [2.24, 2.45) is 7.05 Å². The van der Waals surface area contributed by atoms with Gasteiger partial charge in [-0.2, -0.15) is 5.10 Å². The number of fused-ring (bicyclic) bond motifs is 1. The molecule has 0 aliphatic rings. The van der Waals surface area contributed by atoms with Crippen LogP contribution in [0.3, 0.4) is 0 Å². The highest BCUT2D eigenvalue weighted by Crippen LogP contribution is 2.28. The summed E-state index contributed by atoms with van der Waals surface area (Å²) in [4.78, 5) is 13.3. The number of rotatable bonds is 3. The first-order valence-corrected chi connectivity index (χ1v) is 8.25. The fourth-order valence-electron chi connectivity index (χ4n) is 2.74. The summed E-state index contributed by atoms with van der Waals surface area (Å²) in [6.45, 7) is 1.89. The Hall–Kier alpha value is -2.77. The highest BCUT2D eigenvalue weighted by molar-refractivity contribution is 6.29. The molecule has 9 heteroatoms. The summed E-state index contributed by atoms with van der Waals surface area (Å²) >= 11 is 5.85. The van der Waals surface area contributed by atoms with E-state index in [4.69, 9.17) is 11.6 Å². The number of halogens is 3. The van der Waals surface area contributed by atoms with Crippen molar-refractivity contribution in [2.45, 2.75) is 6.92 Å². The number of anilines is 2. The predicted octanol–water partition coefficient (Wildman–Crippen LogP) is 4.69. The maximum Gasteiger partial charge on any atom is 0.162 e. The molecule has 0 saturated carbocycles. The van der Waals surface area contributed by atoms with Crippen LogP contribution in [0.25, 0.3) is 22.4 Å². The molecule has 0 amide bonds. The molecule has 1 N–H and O–H groups in total. The van der Waals surface area contributed by atoms with Crippen LogP contribution in [-0.4, -0.2) is 24.7 Å². The molecule has 0 bridgehead atoms. The lowest BCUT2D eigenvalue weighted by atomic mass is 10.2. The summed E-state index contributed by atoms with van der Waals surface area (Å²) in [5.41, 5.74) is 3.73. The van der Waals surface area contributed by atoms with Crippen LogP contribution in [0.2, 0.25) is 5.15 Å². The molecule has 27 heavy (non-hydrogen) atoms. The molecule has 3 heterocycles. The van der Waals surface area contributed by atoms with Crippen molar-refractivity contribution >= 4 is 46.5 Å². The molecule has 0 spiro atoms. The van der Waals surface area contributed by atoms with Crippen molar-refractivity contribution in [3.8, 4) is 11.4 Å². The number of hydrogen-bond acceptors (Lipinski definition) is 5. The fraction of sp³-hybridized carbons (Fsp3) is 0.111. The van der Waals surface area contributed by atoms with E-state index in [0.29, 0.717) is 22.4 Å². The molecule has 4 rings (SSSR count). The molecular weight excluding hydrogens is 390 g/mol. The van der Waals surface area contributed by atoms with Crippen LogP contribution in [0.5, 0.6) is 0 Å². The number of pyridine rings is 1. The minimum Gasteiger partial charge on any atom is -0.337 e. The summed E-state index contributed by atoms with van der Waals surface area (Å²) < 4.78 is 15.0. The quantitative estimate of drug-likeness (QED) is 0.501. The minimum absolute atomic E-state index is 0. The van der Waals surface area contributed by atoms with E-state index in [9.17, 15) is 4.39 Å². The molecule has 0 fully saturated rings. The lowest BCUT2D eigenvalue weighted by Crippen LogP contribution is -2.02. The second-order valence-electron chi connectivity index (χ2n) is 5.80. The van der Waals surface area contributed by atoms with Crippen molar-refractivity contribution in [3.05, 3.63) is 59.3 Å². The van der Waals surface area contributed by atoms with Crippen LogP contribution >= 0.6 is 24.0 Å².